The zero-order chi connectivity index (χ0) is 10.3. The number of rotatable bonds is 5. The minimum Gasteiger partial charge on any atom is -0.341 e. The second-order valence-corrected chi connectivity index (χ2v) is 4.07. The zero-order valence-corrected chi connectivity index (χ0v) is 8.43. The van der Waals surface area contributed by atoms with Crippen molar-refractivity contribution in [2.45, 2.75) is 32.6 Å². The molecule has 0 radical (unpaired) electrons. The maximum absolute atomic E-state index is 10.5. The maximum Gasteiger partial charge on any atom is 0.363 e. The average molecular weight is 209 g/mol. The van der Waals surface area contributed by atoms with Gasteiger partial charge in [-0.15, -0.1) is 0 Å². The van der Waals surface area contributed by atoms with Crippen LogP contribution < -0.4 is 5.32 Å². The van der Waals surface area contributed by atoms with E-state index in [-0.39, 0.29) is 0 Å². The summed E-state index contributed by atoms with van der Waals surface area (Å²) in [6.07, 6.45) is 3.81. The van der Waals surface area contributed by atoms with E-state index in [4.69, 9.17) is 4.55 Å². The summed E-state index contributed by atoms with van der Waals surface area (Å²) in [6.45, 7) is 2.34. The number of carbonyl (C=O) groups excluding carboxylic acids is 1. The van der Waals surface area contributed by atoms with Crippen LogP contribution in [0.2, 0.25) is 0 Å². The lowest BCUT2D eigenvalue weighted by molar-refractivity contribution is 0.255. The van der Waals surface area contributed by atoms with Crippen LogP contribution in [0, 0.1) is 0 Å². The molecule has 78 valence electrons. The van der Waals surface area contributed by atoms with Gasteiger partial charge < -0.3 is 5.32 Å². The minimum absolute atomic E-state index is 0.290. The number of amides is 1. The summed E-state index contributed by atoms with van der Waals surface area (Å²) < 4.78 is 28.6. The molecule has 0 aromatic heterocycles. The molecule has 0 atom stereocenters. The van der Waals surface area contributed by atoms with E-state index in [0.29, 0.717) is 6.54 Å². The first kappa shape index (κ1) is 12.4. The molecular weight excluding hydrogens is 194 g/mol. The molecule has 6 heteroatoms. The summed E-state index contributed by atoms with van der Waals surface area (Å²) in [5, 5.41) is 0.789. The highest BCUT2D eigenvalue weighted by atomic mass is 32.2. The molecule has 0 aromatic carbocycles. The van der Waals surface area contributed by atoms with Crippen LogP contribution in [0.5, 0.6) is 0 Å². The van der Waals surface area contributed by atoms with Gasteiger partial charge in [-0.3, -0.25) is 9.35 Å². The summed E-state index contributed by atoms with van der Waals surface area (Å²) in [6, 6.07) is 0. The molecule has 0 fully saturated rings. The molecule has 0 aromatic rings. The smallest absolute Gasteiger partial charge is 0.341 e. The van der Waals surface area contributed by atoms with Gasteiger partial charge in [0.2, 0.25) is 0 Å². The predicted molar refractivity (Wildman–Crippen MR) is 49.1 cm³/mol. The number of hydrogen-bond acceptors (Lipinski definition) is 3. The fraction of sp³-hybridized carbons (Fsp3) is 0.857. The molecule has 13 heavy (non-hydrogen) atoms. The number of nitrogens with one attached hydrogen (secondary N) is 1. The van der Waals surface area contributed by atoms with Gasteiger partial charge in [0, 0.05) is 6.54 Å². The molecule has 5 nitrogen and oxygen atoms in total. The molecule has 1 amide bonds. The van der Waals surface area contributed by atoms with Gasteiger partial charge in [0.25, 0.3) is 0 Å². The van der Waals surface area contributed by atoms with E-state index >= 15 is 0 Å². The summed E-state index contributed by atoms with van der Waals surface area (Å²) in [7, 11) is -4.55. The van der Waals surface area contributed by atoms with Crippen molar-refractivity contribution >= 4 is 15.4 Å². The van der Waals surface area contributed by atoms with Gasteiger partial charge in [-0.25, -0.2) is 0 Å². The SMILES string of the molecule is CCCCCCNC(=O)S(=O)(=O)O. The third-order valence-corrected chi connectivity index (χ3v) is 2.15. The van der Waals surface area contributed by atoms with Crippen LogP contribution >= 0.6 is 0 Å². The van der Waals surface area contributed by atoms with Crippen LogP contribution in [0.15, 0.2) is 0 Å². The van der Waals surface area contributed by atoms with Crippen LogP contribution in [-0.4, -0.2) is 24.8 Å². The van der Waals surface area contributed by atoms with Crippen LogP contribution in [0.4, 0.5) is 4.79 Å². The highest BCUT2D eigenvalue weighted by molar-refractivity contribution is 8.01. The van der Waals surface area contributed by atoms with E-state index < -0.39 is 15.4 Å². The van der Waals surface area contributed by atoms with Gasteiger partial charge in [-0.1, -0.05) is 26.2 Å². The van der Waals surface area contributed by atoms with E-state index in [9.17, 15) is 13.2 Å². The lowest BCUT2D eigenvalue weighted by Crippen LogP contribution is -2.29. The number of carbonyl (C=O) groups is 1. The van der Waals surface area contributed by atoms with Crippen LogP contribution in [0.3, 0.4) is 0 Å². The summed E-state index contributed by atoms with van der Waals surface area (Å²) in [5.41, 5.74) is 0. The Bertz CT molecular complexity index is 247. The third kappa shape index (κ3) is 6.53. The Balaban J connectivity index is 3.50. The second-order valence-electron chi connectivity index (χ2n) is 2.75. The highest BCUT2D eigenvalue weighted by Gasteiger charge is 2.16. The molecule has 0 rings (SSSR count). The summed E-state index contributed by atoms with van der Waals surface area (Å²) in [4.78, 5) is 10.5. The van der Waals surface area contributed by atoms with Crippen molar-refractivity contribution in [3.63, 3.8) is 0 Å². The first-order valence-electron chi connectivity index (χ1n) is 4.23. The molecule has 0 bridgehead atoms. The Hall–Kier alpha value is -0.620. The molecular formula is C7H15NO4S. The van der Waals surface area contributed by atoms with Crippen LogP contribution in [-0.2, 0) is 10.1 Å². The van der Waals surface area contributed by atoms with Crippen molar-refractivity contribution in [2.75, 3.05) is 6.54 Å². The minimum atomic E-state index is -4.55. The van der Waals surface area contributed by atoms with Gasteiger partial charge in [0.05, 0.1) is 0 Å². The van der Waals surface area contributed by atoms with Crippen LogP contribution in [0.1, 0.15) is 32.6 Å². The first-order valence-corrected chi connectivity index (χ1v) is 5.67. The standard InChI is InChI=1S/C7H15NO4S/c1-2-3-4-5-6-8-7(9)13(10,11)12/h2-6H2,1H3,(H,8,9)(H,10,11,12). The summed E-state index contributed by atoms with van der Waals surface area (Å²) >= 11 is 0. The van der Waals surface area contributed by atoms with Gasteiger partial charge in [-0.05, 0) is 6.42 Å². The molecule has 0 spiro atoms. The van der Waals surface area contributed by atoms with E-state index in [2.05, 4.69) is 12.2 Å². The van der Waals surface area contributed by atoms with Crippen LogP contribution in [0.25, 0.3) is 0 Å². The Morgan fingerprint density at radius 3 is 2.38 bits per heavy atom. The normalized spacial score (nSPS) is 11.2. The monoisotopic (exact) mass is 209 g/mol. The maximum atomic E-state index is 10.5. The van der Waals surface area contributed by atoms with Gasteiger partial charge in [0.1, 0.15) is 0 Å². The van der Waals surface area contributed by atoms with Crippen molar-refractivity contribution in [3.05, 3.63) is 0 Å². The molecule has 2 N–H and O–H groups in total. The topological polar surface area (TPSA) is 83.5 Å². The molecule has 0 aliphatic carbocycles. The summed E-state index contributed by atoms with van der Waals surface area (Å²) in [5.74, 6) is 0. The van der Waals surface area contributed by atoms with Crippen molar-refractivity contribution in [1.29, 1.82) is 0 Å². The van der Waals surface area contributed by atoms with E-state index in [1.807, 2.05) is 0 Å². The van der Waals surface area contributed by atoms with Gasteiger partial charge in [-0.2, -0.15) is 8.42 Å². The largest absolute Gasteiger partial charge is 0.363 e. The molecule has 0 aliphatic rings. The number of unbranched alkanes of at least 4 members (excludes halogenated alkanes) is 3. The van der Waals surface area contributed by atoms with E-state index in [1.54, 1.807) is 0 Å². The fourth-order valence-electron chi connectivity index (χ4n) is 0.833. The predicted octanol–water partition coefficient (Wildman–Crippen LogP) is 1.16. The Kier molecular flexibility index (Phi) is 5.65. The molecule has 0 saturated carbocycles. The fourth-order valence-corrected chi connectivity index (χ4v) is 1.12. The molecule has 0 unspecified atom stereocenters. The zero-order valence-electron chi connectivity index (χ0n) is 7.62. The van der Waals surface area contributed by atoms with Crippen molar-refractivity contribution < 1.29 is 17.8 Å². The van der Waals surface area contributed by atoms with Crippen molar-refractivity contribution in [1.82, 2.24) is 5.32 Å². The lowest BCUT2D eigenvalue weighted by Gasteiger charge is -2.01. The van der Waals surface area contributed by atoms with E-state index in [1.165, 1.54) is 0 Å². The van der Waals surface area contributed by atoms with Gasteiger partial charge in [0.15, 0.2) is 0 Å². The molecule has 0 aliphatic heterocycles. The first-order chi connectivity index (χ1) is 5.98. The Morgan fingerprint density at radius 1 is 1.31 bits per heavy atom. The second kappa shape index (κ2) is 5.93. The van der Waals surface area contributed by atoms with E-state index in [0.717, 1.165) is 25.7 Å². The Labute approximate surface area is 78.3 Å². The number of hydrogen-bond donors (Lipinski definition) is 2. The Morgan fingerprint density at radius 2 is 1.92 bits per heavy atom. The average Bonchev–Trinajstić information content (AvgIpc) is 2.02. The molecule has 0 saturated heterocycles. The van der Waals surface area contributed by atoms with Crippen molar-refractivity contribution in [2.24, 2.45) is 0 Å². The third-order valence-electron chi connectivity index (χ3n) is 1.53. The lowest BCUT2D eigenvalue weighted by atomic mass is 10.2. The highest BCUT2D eigenvalue weighted by Crippen LogP contribution is 1.97. The van der Waals surface area contributed by atoms with Crippen molar-refractivity contribution in [3.8, 4) is 0 Å². The molecule has 0 heterocycles. The quantitative estimate of drug-likeness (QED) is 0.525. The van der Waals surface area contributed by atoms with Gasteiger partial charge >= 0.3 is 15.4 Å².